The molecule has 0 radical (unpaired) electrons. The van der Waals surface area contributed by atoms with Gasteiger partial charge in [-0.15, -0.1) is 0 Å². The first kappa shape index (κ1) is 23.0. The van der Waals surface area contributed by atoms with Gasteiger partial charge in [0.2, 0.25) is 0 Å². The molecular formula is C26H28N2O4. The molecule has 0 saturated carbocycles. The van der Waals surface area contributed by atoms with Crippen LogP contribution in [0.25, 0.3) is 0 Å². The van der Waals surface area contributed by atoms with Crippen LogP contribution in [0.4, 0.5) is 11.4 Å². The number of ketones is 1. The predicted molar refractivity (Wildman–Crippen MR) is 126 cm³/mol. The van der Waals surface area contributed by atoms with Crippen LogP contribution in [0.5, 0.6) is 5.75 Å². The molecule has 6 heteroatoms. The zero-order valence-electron chi connectivity index (χ0n) is 18.6. The van der Waals surface area contributed by atoms with Crippen molar-refractivity contribution in [1.29, 1.82) is 0 Å². The van der Waals surface area contributed by atoms with E-state index in [2.05, 4.69) is 10.6 Å². The summed E-state index contributed by atoms with van der Waals surface area (Å²) in [6.45, 7) is 1.91. The quantitative estimate of drug-likeness (QED) is 0.274. The van der Waals surface area contributed by atoms with Crippen molar-refractivity contribution in [2.24, 2.45) is 0 Å². The summed E-state index contributed by atoms with van der Waals surface area (Å²) in [5.74, 6) is 0.323. The number of methoxy groups -OCH3 is 1. The van der Waals surface area contributed by atoms with Gasteiger partial charge in [0.05, 0.1) is 7.11 Å². The lowest BCUT2D eigenvalue weighted by Crippen LogP contribution is -2.27. The number of aryl methyl sites for hydroxylation is 1. The average Bonchev–Trinajstić information content (AvgIpc) is 2.83. The third-order valence-corrected chi connectivity index (χ3v) is 5.10. The fourth-order valence-electron chi connectivity index (χ4n) is 3.25. The van der Waals surface area contributed by atoms with Gasteiger partial charge in [0, 0.05) is 35.0 Å². The first-order chi connectivity index (χ1) is 15.5. The highest BCUT2D eigenvalue weighted by Crippen LogP contribution is 2.30. The minimum Gasteiger partial charge on any atom is -0.476 e. The molecule has 32 heavy (non-hydrogen) atoms. The number of carbonyl (C=O) groups is 2. The molecule has 0 saturated heterocycles. The topological polar surface area (TPSA) is 76.7 Å². The molecule has 0 aromatic heterocycles. The number of nitrogens with one attached hydrogen (secondary N) is 2. The molecule has 0 aliphatic carbocycles. The van der Waals surface area contributed by atoms with Gasteiger partial charge in [0.1, 0.15) is 12.0 Å². The number of ether oxygens (including phenoxy) is 2. The van der Waals surface area contributed by atoms with E-state index < -0.39 is 0 Å². The van der Waals surface area contributed by atoms with E-state index in [9.17, 15) is 9.59 Å². The van der Waals surface area contributed by atoms with Gasteiger partial charge in [-0.05, 0) is 44.2 Å². The van der Waals surface area contributed by atoms with Gasteiger partial charge in [0.25, 0.3) is 0 Å². The maximum Gasteiger partial charge on any atom is 0.305 e. The fraction of sp³-hybridized carbons (Fsp3) is 0.231. The zero-order valence-corrected chi connectivity index (χ0v) is 18.6. The average molecular weight is 433 g/mol. The van der Waals surface area contributed by atoms with Crippen LogP contribution in [0, 0.1) is 0 Å². The van der Waals surface area contributed by atoms with Gasteiger partial charge < -0.3 is 14.8 Å². The summed E-state index contributed by atoms with van der Waals surface area (Å²) in [6.07, 6.45) is 0.574. The fourth-order valence-corrected chi connectivity index (χ4v) is 3.25. The van der Waals surface area contributed by atoms with Gasteiger partial charge in [-0.25, -0.2) is 0 Å². The molecule has 6 nitrogen and oxygen atoms in total. The van der Waals surface area contributed by atoms with Crippen LogP contribution in [0.1, 0.15) is 34.8 Å². The molecule has 0 aliphatic heterocycles. The molecule has 1 unspecified atom stereocenters. The highest BCUT2D eigenvalue weighted by molar-refractivity contribution is 6.12. The Morgan fingerprint density at radius 2 is 1.66 bits per heavy atom. The van der Waals surface area contributed by atoms with Crippen LogP contribution in [0.3, 0.4) is 0 Å². The smallest absolute Gasteiger partial charge is 0.305 e. The second kappa shape index (κ2) is 11.1. The third kappa shape index (κ3) is 5.95. The first-order valence-corrected chi connectivity index (χ1v) is 10.5. The number of anilines is 2. The highest BCUT2D eigenvalue weighted by Gasteiger charge is 2.15. The highest BCUT2D eigenvalue weighted by atomic mass is 16.5. The number of hydrogen-bond acceptors (Lipinski definition) is 6. The second-order valence-electron chi connectivity index (χ2n) is 7.31. The van der Waals surface area contributed by atoms with Crippen molar-refractivity contribution >= 4 is 23.1 Å². The Morgan fingerprint density at radius 1 is 0.938 bits per heavy atom. The molecule has 0 bridgehead atoms. The Labute approximate surface area is 188 Å². The van der Waals surface area contributed by atoms with Crippen LogP contribution >= 0.6 is 0 Å². The Balaban J connectivity index is 1.94. The normalized spacial score (nSPS) is 11.5. The molecule has 3 aromatic carbocycles. The van der Waals surface area contributed by atoms with Gasteiger partial charge in [-0.3, -0.25) is 14.9 Å². The molecule has 166 valence electrons. The summed E-state index contributed by atoms with van der Waals surface area (Å²) in [4.78, 5) is 24.8. The molecule has 0 heterocycles. The maximum absolute atomic E-state index is 13.1. The molecule has 3 aromatic rings. The second-order valence-corrected chi connectivity index (χ2v) is 7.31. The van der Waals surface area contributed by atoms with Crippen molar-refractivity contribution in [2.45, 2.75) is 26.0 Å². The summed E-state index contributed by atoms with van der Waals surface area (Å²) < 4.78 is 10.7. The predicted octanol–water partition coefficient (Wildman–Crippen LogP) is 4.71. The molecule has 1 atom stereocenters. The first-order valence-electron chi connectivity index (χ1n) is 10.5. The van der Waals surface area contributed by atoms with Gasteiger partial charge in [-0.1, -0.05) is 48.5 Å². The zero-order chi connectivity index (χ0) is 22.9. The number of rotatable bonds is 10. The van der Waals surface area contributed by atoms with Crippen molar-refractivity contribution in [3.63, 3.8) is 0 Å². The van der Waals surface area contributed by atoms with E-state index in [1.54, 1.807) is 18.2 Å². The van der Waals surface area contributed by atoms with Crippen molar-refractivity contribution in [3.05, 3.63) is 89.5 Å². The molecule has 3 rings (SSSR count). The van der Waals surface area contributed by atoms with E-state index in [0.29, 0.717) is 29.0 Å². The minimum atomic E-state index is -0.278. The van der Waals surface area contributed by atoms with Crippen LogP contribution in [0.2, 0.25) is 0 Å². The van der Waals surface area contributed by atoms with Gasteiger partial charge >= 0.3 is 5.97 Å². The van der Waals surface area contributed by atoms with Gasteiger partial charge in [-0.2, -0.15) is 0 Å². The molecule has 0 amide bonds. The number of benzene rings is 3. The van der Waals surface area contributed by atoms with E-state index in [1.807, 2.05) is 68.6 Å². The van der Waals surface area contributed by atoms with Crippen LogP contribution in [-0.2, 0) is 16.0 Å². The summed E-state index contributed by atoms with van der Waals surface area (Å²) >= 11 is 0. The van der Waals surface area contributed by atoms with Crippen molar-refractivity contribution in [3.8, 4) is 5.75 Å². The minimum absolute atomic E-state index is 0.0685. The molecule has 0 fully saturated rings. The van der Waals surface area contributed by atoms with E-state index in [1.165, 1.54) is 7.11 Å². The lowest BCUT2D eigenvalue weighted by molar-refractivity contribution is -0.140. The number of hydrogen-bond donors (Lipinski definition) is 2. The van der Waals surface area contributed by atoms with Crippen molar-refractivity contribution < 1.29 is 19.1 Å². The summed E-state index contributed by atoms with van der Waals surface area (Å²) in [7, 11) is 3.20. The third-order valence-electron chi connectivity index (χ3n) is 5.10. The number of carbonyl (C=O) groups excluding carboxylic acids is 2. The SMILES string of the molecule is CNC(C)Oc1ccc(CCC(=O)OC)c(Nc2ccccc2C(=O)c2ccccc2)c1. The molecule has 0 spiro atoms. The lowest BCUT2D eigenvalue weighted by Gasteiger charge is -2.18. The van der Waals surface area contributed by atoms with E-state index in [-0.39, 0.29) is 24.4 Å². The van der Waals surface area contributed by atoms with Crippen molar-refractivity contribution in [2.75, 3.05) is 19.5 Å². The standard InChI is InChI=1S/C26H28N2O4/c1-18(27-2)32-21-15-13-19(14-16-25(29)31-3)24(17-21)28-23-12-8-7-11-22(23)26(30)20-9-5-4-6-10-20/h4-13,15,17-18,27-28H,14,16H2,1-3H3. The Hall–Kier alpha value is -3.64. The number of para-hydroxylation sites is 1. The van der Waals surface area contributed by atoms with E-state index in [4.69, 9.17) is 9.47 Å². The molecule has 2 N–H and O–H groups in total. The van der Waals surface area contributed by atoms with Crippen LogP contribution in [0.15, 0.2) is 72.8 Å². The number of esters is 1. The van der Waals surface area contributed by atoms with E-state index >= 15 is 0 Å². The summed E-state index contributed by atoms with van der Waals surface area (Å²) in [5, 5.41) is 6.43. The summed E-state index contributed by atoms with van der Waals surface area (Å²) in [6, 6.07) is 22.2. The lowest BCUT2D eigenvalue weighted by atomic mass is 10.0. The Kier molecular flexibility index (Phi) is 8.00. The van der Waals surface area contributed by atoms with Crippen LogP contribution < -0.4 is 15.4 Å². The van der Waals surface area contributed by atoms with Crippen LogP contribution in [-0.4, -0.2) is 32.1 Å². The monoisotopic (exact) mass is 432 g/mol. The largest absolute Gasteiger partial charge is 0.476 e. The van der Waals surface area contributed by atoms with Crippen molar-refractivity contribution in [1.82, 2.24) is 5.32 Å². The Bertz CT molecular complexity index is 1070. The molecular weight excluding hydrogens is 404 g/mol. The van der Waals surface area contributed by atoms with E-state index in [0.717, 1.165) is 11.3 Å². The molecule has 0 aliphatic rings. The maximum atomic E-state index is 13.1. The Morgan fingerprint density at radius 3 is 2.38 bits per heavy atom. The van der Waals surface area contributed by atoms with Gasteiger partial charge in [0.15, 0.2) is 5.78 Å². The summed E-state index contributed by atoms with van der Waals surface area (Å²) in [5.41, 5.74) is 3.55.